The third-order valence-corrected chi connectivity index (χ3v) is 6.13. The normalized spacial score (nSPS) is 12.2. The minimum atomic E-state index is 0.0488. The maximum atomic E-state index is 13.4. The van der Waals surface area contributed by atoms with Crippen LogP contribution in [0, 0.1) is 6.92 Å². The summed E-state index contributed by atoms with van der Waals surface area (Å²) in [5.74, 6) is 0.0488. The highest BCUT2D eigenvalue weighted by atomic mass is 32.1. The van der Waals surface area contributed by atoms with Gasteiger partial charge in [-0.1, -0.05) is 60.7 Å². The summed E-state index contributed by atoms with van der Waals surface area (Å²) in [7, 11) is 1.87. The molecule has 28 heavy (non-hydrogen) atoms. The van der Waals surface area contributed by atoms with E-state index in [1.807, 2.05) is 31.3 Å². The van der Waals surface area contributed by atoms with Crippen LogP contribution < -0.4 is 0 Å². The quantitative estimate of drug-likeness (QED) is 0.418. The average molecular weight is 389 g/mol. The summed E-state index contributed by atoms with van der Waals surface area (Å²) >= 11 is 1.74. The first kappa shape index (κ1) is 18.5. The van der Waals surface area contributed by atoms with Gasteiger partial charge in [0.25, 0.3) is 5.91 Å². The van der Waals surface area contributed by atoms with E-state index in [1.165, 1.54) is 10.4 Å². The van der Waals surface area contributed by atoms with Crippen LogP contribution in [0.2, 0.25) is 0 Å². The highest BCUT2D eigenvalue weighted by Crippen LogP contribution is 2.34. The smallest absolute Gasteiger partial charge is 0.270 e. The summed E-state index contributed by atoms with van der Waals surface area (Å²) < 4.78 is 3.36. The van der Waals surface area contributed by atoms with Crippen molar-refractivity contribution >= 4 is 27.5 Å². The van der Waals surface area contributed by atoms with Crippen molar-refractivity contribution in [2.75, 3.05) is 7.05 Å². The van der Waals surface area contributed by atoms with Gasteiger partial charge in [0.1, 0.15) is 5.69 Å². The predicted octanol–water partition coefficient (Wildman–Crippen LogP) is 5.89. The Morgan fingerprint density at radius 3 is 2.36 bits per heavy atom. The second-order valence-corrected chi connectivity index (χ2v) is 8.53. The van der Waals surface area contributed by atoms with Gasteiger partial charge in [-0.3, -0.25) is 4.79 Å². The lowest BCUT2D eigenvalue weighted by molar-refractivity contribution is 0.0774. The molecule has 2 aromatic carbocycles. The number of aryl methyl sites for hydroxylation is 1. The van der Waals surface area contributed by atoms with Crippen LogP contribution in [0.4, 0.5) is 0 Å². The molecule has 0 fully saturated rings. The molecule has 4 heteroatoms. The molecule has 2 aromatic heterocycles. The number of rotatable bonds is 5. The van der Waals surface area contributed by atoms with Crippen molar-refractivity contribution < 1.29 is 4.79 Å². The predicted molar refractivity (Wildman–Crippen MR) is 117 cm³/mol. The number of hydrogen-bond acceptors (Lipinski definition) is 2. The molecule has 0 bridgehead atoms. The first-order chi connectivity index (χ1) is 13.5. The number of hydrogen-bond donors (Lipinski definition) is 0. The Morgan fingerprint density at radius 1 is 1.04 bits per heavy atom. The lowest BCUT2D eigenvalue weighted by Gasteiger charge is -2.22. The van der Waals surface area contributed by atoms with E-state index in [2.05, 4.69) is 66.9 Å². The lowest BCUT2D eigenvalue weighted by Crippen LogP contribution is -2.29. The Hall–Kier alpha value is -2.85. The molecule has 0 saturated carbocycles. The molecule has 1 amide bonds. The van der Waals surface area contributed by atoms with Crippen molar-refractivity contribution in [3.05, 3.63) is 94.5 Å². The number of amides is 1. The summed E-state index contributed by atoms with van der Waals surface area (Å²) in [6.45, 7) is 4.87. The number of benzene rings is 2. The summed E-state index contributed by atoms with van der Waals surface area (Å²) in [5, 5.41) is 0. The minimum absolute atomic E-state index is 0.0488. The van der Waals surface area contributed by atoms with E-state index in [-0.39, 0.29) is 11.9 Å². The van der Waals surface area contributed by atoms with Gasteiger partial charge in [-0.25, -0.2) is 0 Å². The monoisotopic (exact) mass is 388 g/mol. The van der Waals surface area contributed by atoms with Gasteiger partial charge in [0, 0.05) is 18.5 Å². The third kappa shape index (κ3) is 3.48. The van der Waals surface area contributed by atoms with Crippen molar-refractivity contribution in [2.45, 2.75) is 26.4 Å². The molecule has 4 aromatic rings. The fourth-order valence-electron chi connectivity index (χ4n) is 3.72. The van der Waals surface area contributed by atoms with Gasteiger partial charge in [0.15, 0.2) is 0 Å². The van der Waals surface area contributed by atoms with Crippen LogP contribution in [0.25, 0.3) is 10.2 Å². The molecular weight excluding hydrogens is 364 g/mol. The van der Waals surface area contributed by atoms with E-state index in [0.717, 1.165) is 21.5 Å². The Kier molecular flexibility index (Phi) is 5.05. The molecule has 0 aliphatic rings. The van der Waals surface area contributed by atoms with Crippen LogP contribution in [-0.2, 0) is 6.54 Å². The Balaban J connectivity index is 1.74. The zero-order valence-corrected chi connectivity index (χ0v) is 17.2. The minimum Gasteiger partial charge on any atom is -0.336 e. The van der Waals surface area contributed by atoms with E-state index in [9.17, 15) is 4.79 Å². The highest BCUT2D eigenvalue weighted by Gasteiger charge is 2.24. The zero-order chi connectivity index (χ0) is 19.7. The molecular formula is C24H24N2OS. The molecule has 0 spiro atoms. The van der Waals surface area contributed by atoms with E-state index < -0.39 is 0 Å². The van der Waals surface area contributed by atoms with Crippen LogP contribution >= 0.6 is 11.3 Å². The molecule has 0 N–H and O–H groups in total. The molecule has 3 nitrogen and oxygen atoms in total. The van der Waals surface area contributed by atoms with Crippen molar-refractivity contribution in [1.82, 2.24) is 9.47 Å². The van der Waals surface area contributed by atoms with Crippen LogP contribution in [0.5, 0.6) is 0 Å². The van der Waals surface area contributed by atoms with E-state index in [4.69, 9.17) is 0 Å². The molecule has 4 rings (SSSR count). The second-order valence-electron chi connectivity index (χ2n) is 7.24. The molecule has 1 atom stereocenters. The lowest BCUT2D eigenvalue weighted by atomic mass is 10.1. The molecule has 2 heterocycles. The standard InChI is InChI=1S/C24H24N2OS/c1-17-14-21-23(28-17)15-22(26(21)18(2)20-12-8-5-9-13-20)24(27)25(3)16-19-10-6-4-7-11-19/h4-15,18H,16H2,1-3H3/t18-/m1/s1. The maximum Gasteiger partial charge on any atom is 0.270 e. The summed E-state index contributed by atoms with van der Waals surface area (Å²) in [6.07, 6.45) is 0. The number of aromatic nitrogens is 1. The van der Waals surface area contributed by atoms with Gasteiger partial charge in [-0.15, -0.1) is 11.3 Å². The van der Waals surface area contributed by atoms with Gasteiger partial charge in [0.05, 0.1) is 16.3 Å². The Bertz CT molecular complexity index is 1100. The largest absolute Gasteiger partial charge is 0.336 e. The van der Waals surface area contributed by atoms with Crippen molar-refractivity contribution in [1.29, 1.82) is 0 Å². The summed E-state index contributed by atoms with van der Waals surface area (Å²) in [4.78, 5) is 16.4. The van der Waals surface area contributed by atoms with Crippen molar-refractivity contribution in [2.24, 2.45) is 0 Å². The third-order valence-electron chi connectivity index (χ3n) is 5.15. The maximum absolute atomic E-state index is 13.4. The van der Waals surface area contributed by atoms with Gasteiger partial charge >= 0.3 is 0 Å². The van der Waals surface area contributed by atoms with E-state index in [0.29, 0.717) is 6.54 Å². The zero-order valence-electron chi connectivity index (χ0n) is 16.4. The number of carbonyl (C=O) groups is 1. The van der Waals surface area contributed by atoms with Gasteiger partial charge < -0.3 is 9.47 Å². The molecule has 0 aliphatic carbocycles. The number of fused-ring (bicyclic) bond motifs is 1. The number of carbonyl (C=O) groups excluding carboxylic acids is 1. The first-order valence-corrected chi connectivity index (χ1v) is 10.3. The van der Waals surface area contributed by atoms with Crippen LogP contribution in [0.1, 0.15) is 39.5 Å². The van der Waals surface area contributed by atoms with Crippen LogP contribution in [0.3, 0.4) is 0 Å². The Morgan fingerprint density at radius 2 is 1.68 bits per heavy atom. The summed E-state index contributed by atoms with van der Waals surface area (Å²) in [5.41, 5.74) is 4.21. The van der Waals surface area contributed by atoms with Crippen LogP contribution in [-0.4, -0.2) is 22.4 Å². The fraction of sp³-hybridized carbons (Fsp3) is 0.208. The van der Waals surface area contributed by atoms with Crippen molar-refractivity contribution in [3.63, 3.8) is 0 Å². The fourth-order valence-corrected chi connectivity index (χ4v) is 4.67. The van der Waals surface area contributed by atoms with Gasteiger partial charge in [0.2, 0.25) is 0 Å². The SMILES string of the molecule is Cc1cc2c(cc(C(=O)N(C)Cc3ccccc3)n2[C@H](C)c2ccccc2)s1. The van der Waals surface area contributed by atoms with Crippen molar-refractivity contribution in [3.8, 4) is 0 Å². The molecule has 0 radical (unpaired) electrons. The molecule has 142 valence electrons. The highest BCUT2D eigenvalue weighted by molar-refractivity contribution is 7.19. The first-order valence-electron chi connectivity index (χ1n) is 9.50. The number of nitrogens with zero attached hydrogens (tertiary/aromatic N) is 2. The van der Waals surface area contributed by atoms with E-state index in [1.54, 1.807) is 16.2 Å². The van der Waals surface area contributed by atoms with Crippen LogP contribution in [0.15, 0.2) is 72.8 Å². The van der Waals surface area contributed by atoms with E-state index >= 15 is 0 Å². The summed E-state index contributed by atoms with van der Waals surface area (Å²) in [6, 6.07) is 24.8. The molecule has 0 aliphatic heterocycles. The topological polar surface area (TPSA) is 25.2 Å². The molecule has 0 unspecified atom stereocenters. The van der Waals surface area contributed by atoms with Gasteiger partial charge in [-0.2, -0.15) is 0 Å². The average Bonchev–Trinajstić information content (AvgIpc) is 3.24. The second kappa shape index (κ2) is 7.64. The van der Waals surface area contributed by atoms with Gasteiger partial charge in [-0.05, 0) is 37.1 Å². The molecule has 0 saturated heterocycles. The Labute approximate surface area is 169 Å². The number of thiophene rings is 1.